The first-order chi connectivity index (χ1) is 5.79. The van der Waals surface area contributed by atoms with E-state index in [1.807, 2.05) is 0 Å². The van der Waals surface area contributed by atoms with Gasteiger partial charge in [-0.25, -0.2) is 0 Å². The lowest BCUT2D eigenvalue weighted by Crippen LogP contribution is -2.37. The second-order valence-electron chi connectivity index (χ2n) is 4.20. The van der Waals surface area contributed by atoms with Crippen LogP contribution >= 0.6 is 0 Å². The number of nitrogens with one attached hydrogen (secondary N) is 1. The van der Waals surface area contributed by atoms with Crippen molar-refractivity contribution < 1.29 is 0 Å². The van der Waals surface area contributed by atoms with Crippen molar-refractivity contribution in [2.24, 2.45) is 11.8 Å². The van der Waals surface area contributed by atoms with E-state index in [1.54, 1.807) is 0 Å². The average Bonchev–Trinajstić information content (AvgIpc) is 2.88. The lowest BCUT2D eigenvalue weighted by Gasteiger charge is -2.23. The van der Waals surface area contributed by atoms with E-state index in [-0.39, 0.29) is 0 Å². The van der Waals surface area contributed by atoms with Crippen LogP contribution < -0.4 is 5.32 Å². The highest BCUT2D eigenvalue weighted by Crippen LogP contribution is 2.36. The summed E-state index contributed by atoms with van der Waals surface area (Å²) < 4.78 is 0. The van der Waals surface area contributed by atoms with Crippen LogP contribution in [0.2, 0.25) is 0 Å². The third kappa shape index (κ3) is 2.78. The molecule has 1 saturated carbocycles. The molecule has 0 radical (unpaired) electrons. The molecular formula is C11H23N. The van der Waals surface area contributed by atoms with E-state index in [0.29, 0.717) is 0 Å². The van der Waals surface area contributed by atoms with Crippen molar-refractivity contribution in [2.45, 2.75) is 52.5 Å². The first-order valence-electron chi connectivity index (χ1n) is 5.53. The summed E-state index contributed by atoms with van der Waals surface area (Å²) in [5, 5.41) is 3.68. The van der Waals surface area contributed by atoms with E-state index in [2.05, 4.69) is 26.1 Å². The van der Waals surface area contributed by atoms with Crippen LogP contribution in [0.3, 0.4) is 0 Å². The Kier molecular flexibility index (Phi) is 4.07. The van der Waals surface area contributed by atoms with Crippen molar-refractivity contribution in [3.63, 3.8) is 0 Å². The summed E-state index contributed by atoms with van der Waals surface area (Å²) in [5.74, 6) is 1.87. The van der Waals surface area contributed by atoms with Gasteiger partial charge in [0.15, 0.2) is 0 Å². The molecule has 72 valence electrons. The molecule has 0 heterocycles. The third-order valence-corrected chi connectivity index (χ3v) is 3.02. The van der Waals surface area contributed by atoms with Gasteiger partial charge in [0.25, 0.3) is 0 Å². The predicted molar refractivity (Wildman–Crippen MR) is 54.3 cm³/mol. The summed E-state index contributed by atoms with van der Waals surface area (Å²) in [4.78, 5) is 0. The highest BCUT2D eigenvalue weighted by Gasteiger charge is 2.33. The number of hydrogen-bond acceptors (Lipinski definition) is 1. The summed E-state index contributed by atoms with van der Waals surface area (Å²) in [5.41, 5.74) is 0. The Labute approximate surface area is 76.9 Å². The molecule has 1 fully saturated rings. The van der Waals surface area contributed by atoms with E-state index in [0.717, 1.165) is 17.9 Å². The molecule has 1 aliphatic rings. The monoisotopic (exact) mass is 169 g/mol. The molecule has 0 aromatic carbocycles. The molecule has 0 aliphatic heterocycles. The Morgan fingerprint density at radius 3 is 2.42 bits per heavy atom. The highest BCUT2D eigenvalue weighted by atomic mass is 14.9. The molecule has 0 saturated heterocycles. The summed E-state index contributed by atoms with van der Waals surface area (Å²) in [6, 6.07) is 0.815. The van der Waals surface area contributed by atoms with E-state index in [1.165, 1.54) is 32.2 Å². The van der Waals surface area contributed by atoms with Crippen LogP contribution in [0.25, 0.3) is 0 Å². The van der Waals surface area contributed by atoms with Gasteiger partial charge < -0.3 is 5.32 Å². The van der Waals surface area contributed by atoms with E-state index in [4.69, 9.17) is 0 Å². The van der Waals surface area contributed by atoms with Gasteiger partial charge in [-0.05, 0) is 37.6 Å². The first-order valence-corrected chi connectivity index (χ1v) is 5.53. The van der Waals surface area contributed by atoms with Gasteiger partial charge >= 0.3 is 0 Å². The summed E-state index contributed by atoms with van der Waals surface area (Å²) >= 11 is 0. The molecule has 2 atom stereocenters. The standard InChI is InChI=1S/C11H23N/c1-4-8-12-11(9(3)5-2)10-6-7-10/h9-12H,4-8H2,1-3H3. The molecule has 12 heavy (non-hydrogen) atoms. The maximum atomic E-state index is 3.68. The Morgan fingerprint density at radius 1 is 1.33 bits per heavy atom. The van der Waals surface area contributed by atoms with Crippen molar-refractivity contribution in [1.29, 1.82) is 0 Å². The van der Waals surface area contributed by atoms with Crippen LogP contribution in [0, 0.1) is 11.8 Å². The minimum Gasteiger partial charge on any atom is -0.313 e. The van der Waals surface area contributed by atoms with Crippen LogP contribution in [0.15, 0.2) is 0 Å². The summed E-state index contributed by atoms with van der Waals surface area (Å²) in [7, 11) is 0. The zero-order valence-electron chi connectivity index (χ0n) is 8.77. The quantitative estimate of drug-likeness (QED) is 0.644. The van der Waals surface area contributed by atoms with E-state index < -0.39 is 0 Å². The third-order valence-electron chi connectivity index (χ3n) is 3.02. The minimum absolute atomic E-state index is 0.815. The SMILES string of the molecule is CCCNC(C(C)CC)C1CC1. The molecule has 2 unspecified atom stereocenters. The van der Waals surface area contributed by atoms with E-state index >= 15 is 0 Å². The molecule has 0 aromatic heterocycles. The largest absolute Gasteiger partial charge is 0.313 e. The van der Waals surface area contributed by atoms with Crippen LogP contribution in [0.4, 0.5) is 0 Å². The maximum Gasteiger partial charge on any atom is 0.0121 e. The normalized spacial score (nSPS) is 22.2. The first kappa shape index (κ1) is 10.0. The molecule has 0 bridgehead atoms. The van der Waals surface area contributed by atoms with Gasteiger partial charge in [0.2, 0.25) is 0 Å². The molecule has 1 heteroatoms. The van der Waals surface area contributed by atoms with Gasteiger partial charge in [0, 0.05) is 6.04 Å². The molecule has 0 amide bonds. The minimum atomic E-state index is 0.815. The van der Waals surface area contributed by atoms with Gasteiger partial charge in [-0.3, -0.25) is 0 Å². The molecule has 1 N–H and O–H groups in total. The van der Waals surface area contributed by atoms with Crippen LogP contribution in [-0.4, -0.2) is 12.6 Å². The van der Waals surface area contributed by atoms with Gasteiger partial charge in [0.05, 0.1) is 0 Å². The van der Waals surface area contributed by atoms with Crippen molar-refractivity contribution in [3.8, 4) is 0 Å². The Morgan fingerprint density at radius 2 is 2.00 bits per heavy atom. The van der Waals surface area contributed by atoms with Crippen molar-refractivity contribution in [3.05, 3.63) is 0 Å². The van der Waals surface area contributed by atoms with Crippen LogP contribution in [0.5, 0.6) is 0 Å². The molecule has 1 aliphatic carbocycles. The fraction of sp³-hybridized carbons (Fsp3) is 1.00. The fourth-order valence-corrected chi connectivity index (χ4v) is 1.85. The van der Waals surface area contributed by atoms with E-state index in [9.17, 15) is 0 Å². The van der Waals surface area contributed by atoms with Crippen molar-refractivity contribution in [2.75, 3.05) is 6.54 Å². The maximum absolute atomic E-state index is 3.68. The molecule has 0 spiro atoms. The van der Waals surface area contributed by atoms with Gasteiger partial charge in [0.1, 0.15) is 0 Å². The number of hydrogen-bond donors (Lipinski definition) is 1. The molecule has 1 rings (SSSR count). The van der Waals surface area contributed by atoms with Gasteiger partial charge in [-0.2, -0.15) is 0 Å². The lowest BCUT2D eigenvalue weighted by atomic mass is 9.95. The second kappa shape index (κ2) is 4.86. The molecule has 0 aromatic rings. The Bertz CT molecular complexity index is 118. The second-order valence-corrected chi connectivity index (χ2v) is 4.20. The molecule has 1 nitrogen and oxygen atoms in total. The highest BCUT2D eigenvalue weighted by molar-refractivity contribution is 4.88. The zero-order valence-corrected chi connectivity index (χ0v) is 8.77. The zero-order chi connectivity index (χ0) is 8.97. The van der Waals surface area contributed by atoms with Crippen molar-refractivity contribution in [1.82, 2.24) is 5.32 Å². The Hall–Kier alpha value is -0.0400. The van der Waals surface area contributed by atoms with Gasteiger partial charge in [-0.15, -0.1) is 0 Å². The Balaban J connectivity index is 2.26. The van der Waals surface area contributed by atoms with Crippen LogP contribution in [-0.2, 0) is 0 Å². The van der Waals surface area contributed by atoms with Crippen molar-refractivity contribution >= 4 is 0 Å². The fourth-order valence-electron chi connectivity index (χ4n) is 1.85. The predicted octanol–water partition coefficient (Wildman–Crippen LogP) is 2.81. The van der Waals surface area contributed by atoms with Gasteiger partial charge in [-0.1, -0.05) is 27.2 Å². The topological polar surface area (TPSA) is 12.0 Å². The van der Waals surface area contributed by atoms with Crippen LogP contribution in [0.1, 0.15) is 46.5 Å². The smallest absolute Gasteiger partial charge is 0.0121 e. The summed E-state index contributed by atoms with van der Waals surface area (Å²) in [6.45, 7) is 8.12. The average molecular weight is 169 g/mol. The number of rotatable bonds is 6. The lowest BCUT2D eigenvalue weighted by molar-refractivity contribution is 0.333. The molecular weight excluding hydrogens is 146 g/mol. The summed E-state index contributed by atoms with van der Waals surface area (Å²) in [6.07, 6.45) is 5.51.